The highest BCUT2D eigenvalue weighted by atomic mass is 35.5. The van der Waals surface area contributed by atoms with Crippen molar-refractivity contribution in [2.45, 2.75) is 30.7 Å². The molecule has 1 aliphatic rings. The fourth-order valence-corrected chi connectivity index (χ4v) is 5.30. The van der Waals surface area contributed by atoms with Crippen LogP contribution in [0.2, 0.25) is 10.0 Å². The topological polar surface area (TPSA) is 37.4 Å². The lowest BCUT2D eigenvalue weighted by Crippen LogP contribution is -2.42. The van der Waals surface area contributed by atoms with Gasteiger partial charge >= 0.3 is 0 Å². The first-order valence-electron chi connectivity index (χ1n) is 7.08. The van der Waals surface area contributed by atoms with Crippen LogP contribution in [0.4, 0.5) is 10.1 Å². The molecule has 3 nitrogen and oxygen atoms in total. The van der Waals surface area contributed by atoms with E-state index >= 15 is 0 Å². The van der Waals surface area contributed by atoms with Crippen LogP contribution in [0, 0.1) is 5.82 Å². The van der Waals surface area contributed by atoms with Gasteiger partial charge in [0.15, 0.2) is 0 Å². The fourth-order valence-electron chi connectivity index (χ4n) is 2.84. The minimum atomic E-state index is -3.90. The number of aryl methyl sites for hydroxylation is 1. The minimum Gasteiger partial charge on any atom is -0.263 e. The molecule has 1 heterocycles. The molecule has 0 N–H and O–H groups in total. The summed E-state index contributed by atoms with van der Waals surface area (Å²) < 4.78 is 41.0. The van der Waals surface area contributed by atoms with Gasteiger partial charge in [-0.05, 0) is 61.7 Å². The zero-order valence-electron chi connectivity index (χ0n) is 12.3. The number of fused-ring (bicyclic) bond motifs is 1. The van der Waals surface area contributed by atoms with Crippen molar-refractivity contribution in [3.8, 4) is 0 Å². The number of benzene rings is 2. The Labute approximate surface area is 144 Å². The summed E-state index contributed by atoms with van der Waals surface area (Å²) in [5, 5.41) is 0.396. The molecule has 0 bridgehead atoms. The molecule has 2 aromatic carbocycles. The number of hydrogen-bond donors (Lipinski definition) is 0. The molecule has 0 saturated carbocycles. The van der Waals surface area contributed by atoms with Crippen LogP contribution in [0.15, 0.2) is 41.3 Å². The predicted molar refractivity (Wildman–Crippen MR) is 90.3 cm³/mol. The molecule has 3 rings (SSSR count). The largest absolute Gasteiger partial charge is 0.266 e. The second kappa shape index (κ2) is 5.96. The normalized spacial score (nSPS) is 17.9. The summed E-state index contributed by atoms with van der Waals surface area (Å²) in [7, 11) is -3.90. The zero-order chi connectivity index (χ0) is 16.8. The molecule has 2 aromatic rings. The highest BCUT2D eigenvalue weighted by Gasteiger charge is 2.35. The van der Waals surface area contributed by atoms with E-state index in [9.17, 15) is 12.8 Å². The third-order valence-electron chi connectivity index (χ3n) is 3.94. The molecular formula is C16H14Cl2FNO2S. The number of halogens is 3. The van der Waals surface area contributed by atoms with Crippen molar-refractivity contribution < 1.29 is 12.8 Å². The van der Waals surface area contributed by atoms with Gasteiger partial charge in [-0.3, -0.25) is 4.31 Å². The van der Waals surface area contributed by atoms with Gasteiger partial charge in [-0.2, -0.15) is 0 Å². The Morgan fingerprint density at radius 2 is 1.91 bits per heavy atom. The van der Waals surface area contributed by atoms with E-state index in [1.165, 1.54) is 40.7 Å². The average molecular weight is 374 g/mol. The molecule has 1 unspecified atom stereocenters. The number of nitrogens with zero attached hydrogens (tertiary/aromatic N) is 1. The Kier molecular flexibility index (Phi) is 4.29. The van der Waals surface area contributed by atoms with Crippen molar-refractivity contribution in [2.24, 2.45) is 0 Å². The van der Waals surface area contributed by atoms with Crippen LogP contribution in [-0.4, -0.2) is 14.5 Å². The van der Waals surface area contributed by atoms with Crippen molar-refractivity contribution in [3.63, 3.8) is 0 Å². The third kappa shape index (κ3) is 2.93. The van der Waals surface area contributed by atoms with Gasteiger partial charge in [0.1, 0.15) is 10.7 Å². The third-order valence-corrected chi connectivity index (χ3v) is 6.59. The fraction of sp³-hybridized carbons (Fsp3) is 0.250. The second-order valence-corrected chi connectivity index (χ2v) is 8.16. The number of rotatable bonds is 2. The molecule has 0 fully saturated rings. The summed E-state index contributed by atoms with van der Waals surface area (Å²) in [5.41, 5.74) is 1.16. The number of anilines is 1. The van der Waals surface area contributed by atoms with Crippen LogP contribution in [0.25, 0.3) is 0 Å². The maximum absolute atomic E-state index is 13.4. The molecule has 0 spiro atoms. The molecule has 0 aliphatic carbocycles. The van der Waals surface area contributed by atoms with Gasteiger partial charge in [-0.1, -0.05) is 23.2 Å². The highest BCUT2D eigenvalue weighted by Crippen LogP contribution is 2.37. The summed E-state index contributed by atoms with van der Waals surface area (Å²) in [6.45, 7) is 1.82. The molecule has 0 radical (unpaired) electrons. The van der Waals surface area contributed by atoms with Crippen molar-refractivity contribution in [1.29, 1.82) is 0 Å². The quantitative estimate of drug-likeness (QED) is 0.767. The molecule has 122 valence electrons. The van der Waals surface area contributed by atoms with Crippen LogP contribution >= 0.6 is 23.2 Å². The van der Waals surface area contributed by atoms with Gasteiger partial charge in [0.05, 0.1) is 10.7 Å². The summed E-state index contributed by atoms with van der Waals surface area (Å²) in [4.78, 5) is -0.0457. The van der Waals surface area contributed by atoms with E-state index in [-0.39, 0.29) is 26.8 Å². The van der Waals surface area contributed by atoms with Gasteiger partial charge in [0.2, 0.25) is 0 Å². The standard InChI is InChI=1S/C16H14Cl2FNO2S/c1-10-2-3-11-8-13(19)5-7-15(11)20(10)23(21,22)16-9-12(17)4-6-14(16)18/h4-10H,2-3H2,1H3. The second-order valence-electron chi connectivity index (χ2n) is 5.54. The minimum absolute atomic E-state index is 0.0457. The Morgan fingerprint density at radius 1 is 1.17 bits per heavy atom. The highest BCUT2D eigenvalue weighted by molar-refractivity contribution is 7.93. The van der Waals surface area contributed by atoms with E-state index < -0.39 is 10.0 Å². The Hall–Kier alpha value is -1.30. The van der Waals surface area contributed by atoms with E-state index in [0.29, 0.717) is 24.1 Å². The number of sulfonamides is 1. The molecule has 1 aliphatic heterocycles. The zero-order valence-corrected chi connectivity index (χ0v) is 14.6. The van der Waals surface area contributed by atoms with E-state index in [2.05, 4.69) is 0 Å². The van der Waals surface area contributed by atoms with Crippen LogP contribution in [-0.2, 0) is 16.4 Å². The van der Waals surface area contributed by atoms with Gasteiger partial charge < -0.3 is 0 Å². The molecule has 23 heavy (non-hydrogen) atoms. The number of hydrogen-bond acceptors (Lipinski definition) is 2. The first kappa shape index (κ1) is 16.6. The van der Waals surface area contributed by atoms with Crippen molar-refractivity contribution >= 4 is 38.9 Å². The van der Waals surface area contributed by atoms with Crippen molar-refractivity contribution in [2.75, 3.05) is 4.31 Å². The summed E-state index contributed by atoms with van der Waals surface area (Å²) in [6, 6.07) is 8.21. The van der Waals surface area contributed by atoms with Crippen molar-refractivity contribution in [3.05, 3.63) is 57.8 Å². The van der Waals surface area contributed by atoms with Crippen LogP contribution in [0.1, 0.15) is 18.9 Å². The van der Waals surface area contributed by atoms with E-state index in [1.54, 1.807) is 0 Å². The molecule has 1 atom stereocenters. The molecule has 0 saturated heterocycles. The summed E-state index contributed by atoms with van der Waals surface area (Å²) >= 11 is 12.0. The lowest BCUT2D eigenvalue weighted by Gasteiger charge is -2.36. The van der Waals surface area contributed by atoms with Crippen molar-refractivity contribution in [1.82, 2.24) is 0 Å². The van der Waals surface area contributed by atoms with Crippen LogP contribution < -0.4 is 4.31 Å². The first-order valence-corrected chi connectivity index (χ1v) is 9.28. The van der Waals surface area contributed by atoms with E-state index in [1.807, 2.05) is 6.92 Å². The lowest BCUT2D eigenvalue weighted by atomic mass is 9.99. The first-order chi connectivity index (χ1) is 10.8. The summed E-state index contributed by atoms with van der Waals surface area (Å²) in [5.74, 6) is -0.378. The SMILES string of the molecule is CC1CCc2cc(F)ccc2N1S(=O)(=O)c1cc(Cl)ccc1Cl. The Morgan fingerprint density at radius 3 is 2.65 bits per heavy atom. The molecule has 7 heteroatoms. The summed E-state index contributed by atoms with van der Waals surface area (Å²) in [6.07, 6.45) is 1.23. The molecular weight excluding hydrogens is 360 g/mol. The van der Waals surface area contributed by atoms with Gasteiger partial charge in [-0.15, -0.1) is 0 Å². The van der Waals surface area contributed by atoms with E-state index in [0.717, 1.165) is 0 Å². The molecule has 0 amide bonds. The lowest BCUT2D eigenvalue weighted by molar-refractivity contribution is 0.560. The molecule has 0 aromatic heterocycles. The monoisotopic (exact) mass is 373 g/mol. The smallest absolute Gasteiger partial charge is 0.263 e. The van der Waals surface area contributed by atoms with Gasteiger partial charge in [-0.25, -0.2) is 12.8 Å². The maximum atomic E-state index is 13.4. The van der Waals surface area contributed by atoms with E-state index in [4.69, 9.17) is 23.2 Å². The Balaban J connectivity index is 2.19. The Bertz CT molecular complexity index is 870. The van der Waals surface area contributed by atoms with Gasteiger partial charge in [0.25, 0.3) is 10.0 Å². The average Bonchev–Trinajstić information content (AvgIpc) is 2.49. The van der Waals surface area contributed by atoms with Gasteiger partial charge in [0, 0.05) is 11.1 Å². The van der Waals surface area contributed by atoms with Crippen LogP contribution in [0.5, 0.6) is 0 Å². The maximum Gasteiger partial charge on any atom is 0.266 e. The van der Waals surface area contributed by atoms with Crippen LogP contribution in [0.3, 0.4) is 0 Å². The predicted octanol–water partition coefficient (Wildman–Crippen LogP) is 4.66.